The lowest BCUT2D eigenvalue weighted by molar-refractivity contribution is -0.127. The Bertz CT molecular complexity index is 820. The second-order valence-electron chi connectivity index (χ2n) is 7.55. The van der Waals surface area contributed by atoms with Crippen LogP contribution in [0.4, 0.5) is 0 Å². The van der Waals surface area contributed by atoms with Crippen LogP contribution in [0, 0.1) is 0 Å². The molecule has 0 aromatic heterocycles. The summed E-state index contributed by atoms with van der Waals surface area (Å²) in [6.45, 7) is 0.0328. The molecule has 1 amide bonds. The van der Waals surface area contributed by atoms with Crippen molar-refractivity contribution in [3.8, 4) is 0 Å². The summed E-state index contributed by atoms with van der Waals surface area (Å²) in [7, 11) is 0.410. The van der Waals surface area contributed by atoms with Gasteiger partial charge in [0.2, 0.25) is 5.91 Å². The number of hydrogen-bond donors (Lipinski definition) is 2. The molecule has 1 saturated heterocycles. The van der Waals surface area contributed by atoms with E-state index in [4.69, 9.17) is 0 Å². The first kappa shape index (κ1) is 19.7. The topological polar surface area (TPSA) is 90.9 Å². The Kier molecular flexibility index (Phi) is 6.04. The number of aryl methyl sites for hydroxylation is 1. The van der Waals surface area contributed by atoms with Crippen molar-refractivity contribution < 1.29 is 13.2 Å². The number of benzene rings is 1. The molecule has 8 heteroatoms. The van der Waals surface area contributed by atoms with E-state index in [1.807, 2.05) is 6.07 Å². The van der Waals surface area contributed by atoms with Crippen LogP contribution in [0.15, 0.2) is 29.3 Å². The van der Waals surface area contributed by atoms with Gasteiger partial charge in [-0.2, -0.15) is 0 Å². The van der Waals surface area contributed by atoms with Gasteiger partial charge in [-0.15, -0.1) is 0 Å². The Balaban J connectivity index is 1.68. The SMILES string of the molecule is CN(C)C(=O)CN=C(NC1CCc2ccccc2C1)NC1CCS(=O)(=O)C1. The van der Waals surface area contributed by atoms with Crippen molar-refractivity contribution in [3.05, 3.63) is 35.4 Å². The number of sulfone groups is 1. The van der Waals surface area contributed by atoms with Gasteiger partial charge in [0.25, 0.3) is 0 Å². The van der Waals surface area contributed by atoms with Crippen molar-refractivity contribution in [2.45, 2.75) is 37.8 Å². The Hall–Kier alpha value is -2.09. The molecule has 2 N–H and O–H groups in total. The third kappa shape index (κ3) is 5.45. The second-order valence-corrected chi connectivity index (χ2v) is 9.78. The van der Waals surface area contributed by atoms with Crippen LogP contribution in [0.25, 0.3) is 0 Å². The molecule has 0 bridgehead atoms. The number of hydrogen-bond acceptors (Lipinski definition) is 4. The maximum Gasteiger partial charge on any atom is 0.243 e. The minimum absolute atomic E-state index is 0.0328. The van der Waals surface area contributed by atoms with Crippen LogP contribution in [0.3, 0.4) is 0 Å². The number of carbonyl (C=O) groups excluding carboxylic acids is 1. The van der Waals surface area contributed by atoms with E-state index in [0.717, 1.165) is 19.3 Å². The molecule has 2 atom stereocenters. The second kappa shape index (κ2) is 8.29. The van der Waals surface area contributed by atoms with Crippen LogP contribution in [-0.2, 0) is 27.5 Å². The molecule has 148 valence electrons. The Morgan fingerprint density at radius 1 is 1.15 bits per heavy atom. The molecular weight excluding hydrogens is 364 g/mol. The van der Waals surface area contributed by atoms with Crippen LogP contribution in [-0.4, -0.2) is 69.4 Å². The highest BCUT2D eigenvalue weighted by Crippen LogP contribution is 2.21. The van der Waals surface area contributed by atoms with Crippen molar-refractivity contribution in [2.75, 3.05) is 32.1 Å². The van der Waals surface area contributed by atoms with E-state index in [9.17, 15) is 13.2 Å². The van der Waals surface area contributed by atoms with Crippen LogP contribution < -0.4 is 10.6 Å². The highest BCUT2D eigenvalue weighted by atomic mass is 32.2. The number of nitrogens with zero attached hydrogens (tertiary/aromatic N) is 2. The number of nitrogens with one attached hydrogen (secondary N) is 2. The third-order valence-corrected chi connectivity index (χ3v) is 6.90. The maximum absolute atomic E-state index is 11.9. The van der Waals surface area contributed by atoms with E-state index >= 15 is 0 Å². The normalized spacial score (nSPS) is 24.1. The lowest BCUT2D eigenvalue weighted by atomic mass is 9.88. The molecule has 1 aliphatic heterocycles. The summed E-state index contributed by atoms with van der Waals surface area (Å²) >= 11 is 0. The van der Waals surface area contributed by atoms with E-state index < -0.39 is 9.84 Å². The number of carbonyl (C=O) groups is 1. The Morgan fingerprint density at radius 2 is 1.85 bits per heavy atom. The standard InChI is InChI=1S/C19H28N4O3S/c1-23(2)18(24)12-20-19(22-17-9-10-27(25,26)13-17)21-16-8-7-14-5-3-4-6-15(14)11-16/h3-6,16-17H,7-13H2,1-2H3,(H2,20,21,22). The van der Waals surface area contributed by atoms with Gasteiger partial charge < -0.3 is 15.5 Å². The molecular formula is C19H28N4O3S. The number of rotatable bonds is 4. The van der Waals surface area contributed by atoms with Gasteiger partial charge in [-0.1, -0.05) is 24.3 Å². The summed E-state index contributed by atoms with van der Waals surface area (Å²) in [5, 5.41) is 6.64. The van der Waals surface area contributed by atoms with Crippen LogP contribution in [0.1, 0.15) is 24.0 Å². The average molecular weight is 393 g/mol. The minimum Gasteiger partial charge on any atom is -0.353 e. The van der Waals surface area contributed by atoms with Gasteiger partial charge in [0.15, 0.2) is 15.8 Å². The molecule has 3 rings (SSSR count). The first-order valence-electron chi connectivity index (χ1n) is 9.37. The molecule has 1 heterocycles. The Morgan fingerprint density at radius 3 is 2.52 bits per heavy atom. The van der Waals surface area contributed by atoms with Gasteiger partial charge in [0, 0.05) is 26.2 Å². The fourth-order valence-corrected chi connectivity index (χ4v) is 5.21. The van der Waals surface area contributed by atoms with Gasteiger partial charge in [-0.05, 0) is 36.8 Å². The fraction of sp³-hybridized carbons (Fsp3) is 0.579. The van der Waals surface area contributed by atoms with Gasteiger partial charge in [-0.25, -0.2) is 13.4 Å². The molecule has 2 unspecified atom stereocenters. The highest BCUT2D eigenvalue weighted by molar-refractivity contribution is 7.91. The molecule has 1 fully saturated rings. The number of likely N-dealkylation sites (N-methyl/N-ethyl adjacent to an activating group) is 1. The summed E-state index contributed by atoms with van der Waals surface area (Å²) in [5.41, 5.74) is 2.71. The number of fused-ring (bicyclic) bond motifs is 1. The molecule has 7 nitrogen and oxygen atoms in total. The predicted molar refractivity (Wildman–Crippen MR) is 107 cm³/mol. The largest absolute Gasteiger partial charge is 0.353 e. The van der Waals surface area contributed by atoms with Crippen molar-refractivity contribution in [2.24, 2.45) is 4.99 Å². The lowest BCUT2D eigenvalue weighted by Crippen LogP contribution is -2.49. The molecule has 27 heavy (non-hydrogen) atoms. The van der Waals surface area contributed by atoms with Crippen LogP contribution in [0.2, 0.25) is 0 Å². The van der Waals surface area contributed by atoms with Crippen LogP contribution >= 0.6 is 0 Å². The molecule has 1 aliphatic carbocycles. The lowest BCUT2D eigenvalue weighted by Gasteiger charge is -2.28. The summed E-state index contributed by atoms with van der Waals surface area (Å²) in [6, 6.07) is 8.47. The zero-order valence-electron chi connectivity index (χ0n) is 15.9. The summed E-state index contributed by atoms with van der Waals surface area (Å²) in [5.74, 6) is 0.745. The monoisotopic (exact) mass is 392 g/mol. The van der Waals surface area contributed by atoms with E-state index in [2.05, 4.69) is 33.8 Å². The molecule has 1 aromatic rings. The fourth-order valence-electron chi connectivity index (χ4n) is 3.54. The predicted octanol–water partition coefficient (Wildman–Crippen LogP) is 0.354. The molecule has 0 saturated carbocycles. The number of aliphatic imine (C=N–C) groups is 1. The summed E-state index contributed by atoms with van der Waals surface area (Å²) < 4.78 is 23.5. The van der Waals surface area contributed by atoms with Crippen molar-refractivity contribution in [3.63, 3.8) is 0 Å². The van der Waals surface area contributed by atoms with Crippen LogP contribution in [0.5, 0.6) is 0 Å². The van der Waals surface area contributed by atoms with Crippen molar-refractivity contribution in [1.29, 1.82) is 0 Å². The van der Waals surface area contributed by atoms with E-state index in [-0.39, 0.29) is 36.0 Å². The quantitative estimate of drug-likeness (QED) is 0.570. The third-order valence-electron chi connectivity index (χ3n) is 5.13. The van der Waals surface area contributed by atoms with E-state index in [0.29, 0.717) is 12.4 Å². The zero-order valence-corrected chi connectivity index (χ0v) is 16.8. The van der Waals surface area contributed by atoms with Gasteiger partial charge in [0.1, 0.15) is 6.54 Å². The maximum atomic E-state index is 11.9. The van der Waals surface area contributed by atoms with Gasteiger partial charge >= 0.3 is 0 Å². The average Bonchev–Trinajstić information content (AvgIpc) is 2.97. The molecule has 2 aliphatic rings. The first-order chi connectivity index (χ1) is 12.8. The van der Waals surface area contributed by atoms with Crippen molar-refractivity contribution in [1.82, 2.24) is 15.5 Å². The van der Waals surface area contributed by atoms with Gasteiger partial charge in [0.05, 0.1) is 11.5 Å². The molecule has 1 aromatic carbocycles. The zero-order chi connectivity index (χ0) is 19.4. The summed E-state index contributed by atoms with van der Waals surface area (Å²) in [4.78, 5) is 17.8. The van der Waals surface area contributed by atoms with E-state index in [1.165, 1.54) is 16.0 Å². The highest BCUT2D eigenvalue weighted by Gasteiger charge is 2.29. The van der Waals surface area contributed by atoms with Crippen molar-refractivity contribution >= 4 is 21.7 Å². The molecule has 0 radical (unpaired) electrons. The number of guanidine groups is 1. The van der Waals surface area contributed by atoms with E-state index in [1.54, 1.807) is 14.1 Å². The smallest absolute Gasteiger partial charge is 0.243 e. The number of amides is 1. The molecule has 0 spiro atoms. The summed E-state index contributed by atoms with van der Waals surface area (Å²) in [6.07, 6.45) is 3.43. The minimum atomic E-state index is -2.98. The Labute approximate surface area is 161 Å². The first-order valence-corrected chi connectivity index (χ1v) is 11.2. The van der Waals surface area contributed by atoms with Gasteiger partial charge in [-0.3, -0.25) is 4.79 Å².